The van der Waals surface area contributed by atoms with Crippen molar-refractivity contribution in [1.29, 1.82) is 0 Å². The number of rotatable bonds is 18. The zero-order valence-corrected chi connectivity index (χ0v) is 19.1. The van der Waals surface area contributed by atoms with Gasteiger partial charge in [-0.2, -0.15) is 0 Å². The molecular weight excluding hydrogens is 370 g/mol. The standard InChI is InChI=1S/C23H43NO5/c1-5-6-7-8-9-10-11-12-13-14-15-16-20(25)17-23(28)29-21(18-22(26)27)19-24(2,3)4/h17,21H,5-16,18-19H2,1-4H3,(H-,25,26,27,28)/p+1. The maximum absolute atomic E-state index is 12.0. The van der Waals surface area contributed by atoms with E-state index in [9.17, 15) is 14.7 Å². The number of aliphatic carboxylic acids is 1. The van der Waals surface area contributed by atoms with E-state index in [-0.39, 0.29) is 12.2 Å². The second kappa shape index (κ2) is 16.3. The van der Waals surface area contributed by atoms with E-state index in [4.69, 9.17) is 9.84 Å². The smallest absolute Gasteiger partial charge is 0.334 e. The summed E-state index contributed by atoms with van der Waals surface area (Å²) in [5.41, 5.74) is 0. The van der Waals surface area contributed by atoms with E-state index >= 15 is 0 Å². The first-order valence-corrected chi connectivity index (χ1v) is 11.3. The summed E-state index contributed by atoms with van der Waals surface area (Å²) >= 11 is 0. The number of aliphatic hydroxyl groups excluding tert-OH is 1. The van der Waals surface area contributed by atoms with Gasteiger partial charge in [0.05, 0.1) is 39.4 Å². The molecule has 0 radical (unpaired) electrons. The van der Waals surface area contributed by atoms with Gasteiger partial charge in [0, 0.05) is 6.42 Å². The van der Waals surface area contributed by atoms with Crippen LogP contribution in [0.25, 0.3) is 0 Å². The Bertz CT molecular complexity index is 482. The van der Waals surface area contributed by atoms with E-state index in [1.165, 1.54) is 51.4 Å². The number of hydrogen-bond donors (Lipinski definition) is 2. The number of hydrogen-bond acceptors (Lipinski definition) is 4. The van der Waals surface area contributed by atoms with Gasteiger partial charge in [0.15, 0.2) is 6.10 Å². The summed E-state index contributed by atoms with van der Waals surface area (Å²) in [6, 6.07) is 0. The van der Waals surface area contributed by atoms with Crippen molar-refractivity contribution in [1.82, 2.24) is 0 Å². The molecule has 0 bridgehead atoms. The van der Waals surface area contributed by atoms with E-state index in [1.807, 2.05) is 21.1 Å². The minimum Gasteiger partial charge on any atom is -0.512 e. The second-order valence-corrected chi connectivity index (χ2v) is 9.05. The Morgan fingerprint density at radius 3 is 1.79 bits per heavy atom. The Kier molecular flexibility index (Phi) is 15.4. The van der Waals surface area contributed by atoms with Gasteiger partial charge in [0.2, 0.25) is 0 Å². The highest BCUT2D eigenvalue weighted by Gasteiger charge is 2.24. The molecule has 6 heteroatoms. The van der Waals surface area contributed by atoms with Crippen LogP contribution in [0.4, 0.5) is 0 Å². The number of aliphatic hydroxyl groups is 1. The predicted molar refractivity (Wildman–Crippen MR) is 117 cm³/mol. The molecular formula is C23H44NO5+. The summed E-state index contributed by atoms with van der Waals surface area (Å²) in [7, 11) is 5.72. The van der Waals surface area contributed by atoms with Gasteiger partial charge in [-0.3, -0.25) is 4.79 Å². The maximum atomic E-state index is 12.0. The van der Waals surface area contributed by atoms with Gasteiger partial charge < -0.3 is 19.4 Å². The number of quaternary nitrogens is 1. The number of likely N-dealkylation sites (N-methyl/N-ethyl adjacent to an activating group) is 1. The Labute approximate surface area is 177 Å². The van der Waals surface area contributed by atoms with Gasteiger partial charge in [0.25, 0.3) is 0 Å². The van der Waals surface area contributed by atoms with Crippen LogP contribution in [0, 0.1) is 0 Å². The molecule has 0 fully saturated rings. The van der Waals surface area contributed by atoms with E-state index in [1.54, 1.807) is 0 Å². The van der Waals surface area contributed by atoms with E-state index < -0.39 is 18.0 Å². The SMILES string of the molecule is CCCCCCCCCCCCCC(O)=CC(=O)OC(CC(=O)O)C[N+](C)(C)C. The summed E-state index contributed by atoms with van der Waals surface area (Å²) in [5, 5.41) is 18.9. The van der Waals surface area contributed by atoms with Crippen molar-refractivity contribution < 1.29 is 29.0 Å². The van der Waals surface area contributed by atoms with Gasteiger partial charge in [0.1, 0.15) is 6.54 Å². The number of ether oxygens (including phenoxy) is 1. The molecule has 0 aliphatic rings. The number of esters is 1. The lowest BCUT2D eigenvalue weighted by atomic mass is 10.0. The highest BCUT2D eigenvalue weighted by molar-refractivity contribution is 5.82. The van der Waals surface area contributed by atoms with Crippen molar-refractivity contribution >= 4 is 11.9 Å². The zero-order valence-electron chi connectivity index (χ0n) is 19.1. The molecule has 0 aliphatic heterocycles. The molecule has 0 aromatic rings. The summed E-state index contributed by atoms with van der Waals surface area (Å²) in [6.45, 7) is 2.63. The zero-order chi connectivity index (χ0) is 22.1. The van der Waals surface area contributed by atoms with Gasteiger partial charge in [-0.05, 0) is 6.42 Å². The van der Waals surface area contributed by atoms with Crippen LogP contribution < -0.4 is 0 Å². The molecule has 1 unspecified atom stereocenters. The van der Waals surface area contributed by atoms with Gasteiger partial charge in [-0.1, -0.05) is 71.1 Å². The molecule has 6 nitrogen and oxygen atoms in total. The van der Waals surface area contributed by atoms with E-state index in [0.717, 1.165) is 25.3 Å². The lowest BCUT2D eigenvalue weighted by Crippen LogP contribution is -2.43. The molecule has 0 aromatic carbocycles. The Morgan fingerprint density at radius 1 is 0.862 bits per heavy atom. The highest BCUT2D eigenvalue weighted by Crippen LogP contribution is 2.14. The first-order chi connectivity index (χ1) is 13.6. The summed E-state index contributed by atoms with van der Waals surface area (Å²) in [5.74, 6) is -1.68. The largest absolute Gasteiger partial charge is 0.512 e. The van der Waals surface area contributed by atoms with E-state index in [2.05, 4.69) is 6.92 Å². The number of nitrogens with zero attached hydrogens (tertiary/aromatic N) is 1. The fourth-order valence-electron chi connectivity index (χ4n) is 3.33. The van der Waals surface area contributed by atoms with Crippen LogP contribution in [0.2, 0.25) is 0 Å². The molecule has 0 aliphatic carbocycles. The minimum absolute atomic E-state index is 0.00486. The highest BCUT2D eigenvalue weighted by atomic mass is 16.5. The molecule has 0 saturated carbocycles. The van der Waals surface area contributed by atoms with Crippen molar-refractivity contribution in [2.45, 2.75) is 96.5 Å². The van der Waals surface area contributed by atoms with Crippen molar-refractivity contribution in [2.24, 2.45) is 0 Å². The number of allylic oxidation sites excluding steroid dienone is 1. The Balaban J connectivity index is 3.97. The molecule has 170 valence electrons. The molecule has 0 saturated heterocycles. The predicted octanol–water partition coefficient (Wildman–Crippen LogP) is 5.22. The number of carboxylic acids is 1. The number of carboxylic acid groups (broad SMARTS) is 1. The lowest BCUT2D eigenvalue weighted by Gasteiger charge is -2.28. The normalized spacial score (nSPS) is 13.3. The van der Waals surface area contributed by atoms with Gasteiger partial charge >= 0.3 is 11.9 Å². The molecule has 0 aromatic heterocycles. The topological polar surface area (TPSA) is 83.8 Å². The van der Waals surface area contributed by atoms with Crippen LogP contribution in [-0.4, -0.2) is 60.4 Å². The van der Waals surface area contributed by atoms with Crippen molar-refractivity contribution in [2.75, 3.05) is 27.7 Å². The summed E-state index contributed by atoms with van der Waals surface area (Å²) in [6.07, 6.45) is 14.1. The quantitative estimate of drug-likeness (QED) is 0.106. The maximum Gasteiger partial charge on any atom is 0.334 e. The number of unbranched alkanes of at least 4 members (excludes halogenated alkanes) is 10. The molecule has 0 amide bonds. The molecule has 2 N–H and O–H groups in total. The minimum atomic E-state index is -1.01. The number of carbonyl (C=O) groups is 2. The van der Waals surface area contributed by atoms with Crippen LogP contribution in [0.3, 0.4) is 0 Å². The monoisotopic (exact) mass is 414 g/mol. The third kappa shape index (κ3) is 19.5. The molecule has 0 spiro atoms. The van der Waals surface area contributed by atoms with Crippen molar-refractivity contribution in [3.05, 3.63) is 11.8 Å². The average molecular weight is 415 g/mol. The number of carbonyl (C=O) groups excluding carboxylic acids is 1. The van der Waals surface area contributed by atoms with Crippen LogP contribution in [-0.2, 0) is 14.3 Å². The fraction of sp³-hybridized carbons (Fsp3) is 0.826. The third-order valence-electron chi connectivity index (χ3n) is 4.76. The van der Waals surface area contributed by atoms with Crippen LogP contribution >= 0.6 is 0 Å². The summed E-state index contributed by atoms with van der Waals surface area (Å²) in [4.78, 5) is 22.9. The van der Waals surface area contributed by atoms with E-state index in [0.29, 0.717) is 17.4 Å². The van der Waals surface area contributed by atoms with Gasteiger partial charge in [-0.25, -0.2) is 4.79 Å². The molecule has 0 heterocycles. The fourth-order valence-corrected chi connectivity index (χ4v) is 3.33. The van der Waals surface area contributed by atoms with Gasteiger partial charge in [-0.15, -0.1) is 0 Å². The first kappa shape index (κ1) is 27.4. The second-order valence-electron chi connectivity index (χ2n) is 9.05. The average Bonchev–Trinajstić information content (AvgIpc) is 2.57. The van der Waals surface area contributed by atoms with Crippen LogP contribution in [0.1, 0.15) is 90.4 Å². The lowest BCUT2D eigenvalue weighted by molar-refractivity contribution is -0.873. The Hall–Kier alpha value is -1.56. The van der Waals surface area contributed by atoms with Crippen LogP contribution in [0.15, 0.2) is 11.8 Å². The van der Waals surface area contributed by atoms with Crippen LogP contribution in [0.5, 0.6) is 0 Å². The third-order valence-corrected chi connectivity index (χ3v) is 4.76. The molecule has 0 rings (SSSR count). The van der Waals surface area contributed by atoms with Crippen molar-refractivity contribution in [3.8, 4) is 0 Å². The Morgan fingerprint density at radius 2 is 1.34 bits per heavy atom. The molecule has 1 atom stereocenters. The summed E-state index contributed by atoms with van der Waals surface area (Å²) < 4.78 is 5.73. The molecule has 29 heavy (non-hydrogen) atoms. The first-order valence-electron chi connectivity index (χ1n) is 11.3. The van der Waals surface area contributed by atoms with Crippen molar-refractivity contribution in [3.63, 3.8) is 0 Å².